The number of unbranched alkanes of at least 4 members (excludes halogenated alkanes) is 5. The first-order valence-corrected chi connectivity index (χ1v) is 23.7. The fourth-order valence-electron chi connectivity index (χ4n) is 10.2. The van der Waals surface area contributed by atoms with Crippen LogP contribution in [0.2, 0.25) is 5.02 Å². The largest absolute Gasteiger partial charge is 0.494 e. The Hall–Kier alpha value is -6.06. The van der Waals surface area contributed by atoms with Gasteiger partial charge in [0.1, 0.15) is 11.6 Å². The molecule has 5 aromatic rings. The molecule has 16 heteroatoms. The molecule has 2 saturated heterocycles. The second-order valence-electron chi connectivity index (χ2n) is 18.0. The molecule has 0 saturated carbocycles. The first-order chi connectivity index (χ1) is 32.3. The maximum atomic E-state index is 16.2. The van der Waals surface area contributed by atoms with E-state index >= 15 is 8.78 Å². The van der Waals surface area contributed by atoms with Crippen molar-refractivity contribution in [2.45, 2.75) is 101 Å². The van der Waals surface area contributed by atoms with Crippen molar-refractivity contribution < 1.29 is 37.4 Å². The number of carbonyl (C=O) groups is 4. The van der Waals surface area contributed by atoms with Crippen LogP contribution in [-0.2, 0) is 27.0 Å². The molecule has 0 spiro atoms. The van der Waals surface area contributed by atoms with Gasteiger partial charge in [0.25, 0.3) is 0 Å². The molecule has 5 N–H and O–H groups in total. The van der Waals surface area contributed by atoms with E-state index in [-0.39, 0.29) is 57.0 Å². The average Bonchev–Trinajstić information content (AvgIpc) is 3.81. The van der Waals surface area contributed by atoms with Gasteiger partial charge in [-0.25, -0.2) is 8.78 Å². The number of ether oxygens (including phenoxy) is 2. The number of amides is 4. The number of primary amides is 1. The number of methoxy groups -OCH3 is 1. The van der Waals surface area contributed by atoms with E-state index in [1.165, 1.54) is 25.3 Å². The number of para-hydroxylation sites is 1. The summed E-state index contributed by atoms with van der Waals surface area (Å²) in [7, 11) is 3.17. The molecule has 1 aromatic heterocycles. The number of piperidine rings is 2. The van der Waals surface area contributed by atoms with Gasteiger partial charge >= 0.3 is 0 Å². The number of rotatable bonds is 18. The lowest BCUT2D eigenvalue weighted by atomic mass is 9.77. The lowest BCUT2D eigenvalue weighted by molar-refractivity contribution is -0.134. The summed E-state index contributed by atoms with van der Waals surface area (Å²) >= 11 is 6.67. The molecule has 3 atom stereocenters. The number of imide groups is 1. The van der Waals surface area contributed by atoms with Crippen LogP contribution in [0.4, 0.5) is 14.5 Å². The number of hydrogen-bond donors (Lipinski definition) is 4. The van der Waals surface area contributed by atoms with E-state index in [4.69, 9.17) is 26.8 Å². The first kappa shape index (κ1) is 47.4. The van der Waals surface area contributed by atoms with Crippen molar-refractivity contribution in [3.63, 3.8) is 0 Å². The molecule has 4 aromatic carbocycles. The number of aryl methyl sites for hydroxylation is 1. The third kappa shape index (κ3) is 9.58. The van der Waals surface area contributed by atoms with Crippen LogP contribution < -0.4 is 31.2 Å². The number of fused-ring (bicyclic) bond motifs is 2. The highest BCUT2D eigenvalue weighted by molar-refractivity contribution is 6.34. The zero-order chi connectivity index (χ0) is 47.4. The molecule has 0 aliphatic carbocycles. The van der Waals surface area contributed by atoms with Gasteiger partial charge in [-0.2, -0.15) is 5.10 Å². The standard InChI is InChI=1S/C51H58ClF2N7O6/c1-30-42-39(28-36(53)45(52)44(42)43-33(49(55)64)19-21-38(66-3)46(43)54)67-51(30,31-14-9-8-10-15-31)29-57-32-23-26-61(27-24-32)41(63)18-11-6-4-5-7-12-25-56-37-17-13-16-34-47(59-60(2)48(34)37)35-20-22-40(62)58-50(35)65/h8-10,13-17,19,21,28,30,32,35,56-57H,4-7,11-12,18,20,22-27,29H2,1-3H3,(H2,55,64)(H,58,62,65). The highest BCUT2D eigenvalue weighted by atomic mass is 35.5. The second kappa shape index (κ2) is 20.4. The summed E-state index contributed by atoms with van der Waals surface area (Å²) in [5.74, 6) is -3.91. The van der Waals surface area contributed by atoms with Crippen molar-refractivity contribution in [3.8, 4) is 22.6 Å². The molecular weight excluding hydrogens is 880 g/mol. The van der Waals surface area contributed by atoms with Crippen LogP contribution in [0, 0.1) is 11.6 Å². The molecule has 8 rings (SSSR count). The summed E-state index contributed by atoms with van der Waals surface area (Å²) in [6, 6.07) is 19.5. The Labute approximate surface area is 394 Å². The molecule has 354 valence electrons. The maximum absolute atomic E-state index is 16.2. The smallest absolute Gasteiger partial charge is 0.249 e. The van der Waals surface area contributed by atoms with Crippen molar-refractivity contribution >= 4 is 51.8 Å². The molecule has 67 heavy (non-hydrogen) atoms. The zero-order valence-corrected chi connectivity index (χ0v) is 38.9. The Bertz CT molecular complexity index is 2670. The average molecular weight is 939 g/mol. The lowest BCUT2D eigenvalue weighted by Crippen LogP contribution is -2.50. The SMILES string of the molecule is COc1ccc(C(N)=O)c(-c2c(Cl)c(F)cc3c2C(C)C(CNC2CCN(C(=O)CCCCCCCCNc4cccc5c(C6CCC(=O)NC6=O)nn(C)c45)CC2)(c2ccccc2)O3)c1F. The topological polar surface area (TPSA) is 170 Å². The van der Waals surface area contributed by atoms with Gasteiger partial charge in [0.15, 0.2) is 17.2 Å². The van der Waals surface area contributed by atoms with Crippen LogP contribution in [-0.4, -0.2) is 77.6 Å². The minimum absolute atomic E-state index is 0.00662. The van der Waals surface area contributed by atoms with Crippen LogP contribution in [0.25, 0.3) is 22.0 Å². The first-order valence-electron chi connectivity index (χ1n) is 23.3. The normalized spacial score (nSPS) is 19.6. The van der Waals surface area contributed by atoms with Gasteiger partial charge in [0.05, 0.1) is 40.5 Å². The van der Waals surface area contributed by atoms with E-state index < -0.39 is 35.0 Å². The zero-order valence-electron chi connectivity index (χ0n) is 38.2. The van der Waals surface area contributed by atoms with E-state index in [2.05, 4.69) is 21.0 Å². The predicted molar refractivity (Wildman–Crippen MR) is 253 cm³/mol. The van der Waals surface area contributed by atoms with Crippen LogP contribution >= 0.6 is 11.6 Å². The van der Waals surface area contributed by atoms with Crippen LogP contribution in [0.3, 0.4) is 0 Å². The molecule has 13 nitrogen and oxygen atoms in total. The van der Waals surface area contributed by atoms with Crippen molar-refractivity contribution in [1.29, 1.82) is 0 Å². The van der Waals surface area contributed by atoms with Gasteiger partial charge in [-0.3, -0.25) is 29.2 Å². The summed E-state index contributed by atoms with van der Waals surface area (Å²) in [5.41, 5.74) is 8.11. The molecule has 3 unspecified atom stereocenters. The van der Waals surface area contributed by atoms with Crippen LogP contribution in [0.1, 0.15) is 117 Å². The Morgan fingerprint density at radius 2 is 1.70 bits per heavy atom. The van der Waals surface area contributed by atoms with Crippen molar-refractivity contribution in [2.75, 3.05) is 38.6 Å². The molecule has 4 heterocycles. The fraction of sp³-hybridized carbons (Fsp3) is 0.431. The summed E-state index contributed by atoms with van der Waals surface area (Å²) in [4.78, 5) is 52.1. The number of nitrogens with two attached hydrogens (primary N) is 1. The monoisotopic (exact) mass is 937 g/mol. The van der Waals surface area contributed by atoms with E-state index in [0.29, 0.717) is 50.2 Å². The number of nitrogens with zero attached hydrogens (tertiary/aromatic N) is 3. The minimum Gasteiger partial charge on any atom is -0.494 e. The molecule has 4 amide bonds. The van der Waals surface area contributed by atoms with E-state index in [1.54, 1.807) is 0 Å². The van der Waals surface area contributed by atoms with Gasteiger partial charge in [-0.1, -0.05) is 86.7 Å². The summed E-state index contributed by atoms with van der Waals surface area (Å²) in [6.07, 6.45) is 8.79. The third-order valence-electron chi connectivity index (χ3n) is 13.8. The summed E-state index contributed by atoms with van der Waals surface area (Å²) < 4.78 is 45.7. The maximum Gasteiger partial charge on any atom is 0.249 e. The van der Waals surface area contributed by atoms with Gasteiger partial charge in [-0.15, -0.1) is 0 Å². The van der Waals surface area contributed by atoms with E-state index in [1.807, 2.05) is 72.1 Å². The van der Waals surface area contributed by atoms with Gasteiger partial charge in [0, 0.05) is 86.2 Å². The number of benzene rings is 4. The number of likely N-dealkylation sites (tertiary alicyclic amines) is 1. The number of nitrogens with one attached hydrogen (secondary N) is 3. The second-order valence-corrected chi connectivity index (χ2v) is 18.3. The van der Waals surface area contributed by atoms with Crippen LogP contribution in [0.5, 0.6) is 11.5 Å². The molecule has 3 aliphatic rings. The Kier molecular flexibility index (Phi) is 14.5. The highest BCUT2D eigenvalue weighted by Crippen LogP contribution is 2.56. The number of hydrogen-bond acceptors (Lipinski definition) is 9. The number of halogens is 3. The van der Waals surface area contributed by atoms with Crippen molar-refractivity contribution in [3.05, 3.63) is 106 Å². The highest BCUT2D eigenvalue weighted by Gasteiger charge is 2.50. The van der Waals surface area contributed by atoms with Crippen molar-refractivity contribution in [2.24, 2.45) is 12.8 Å². The lowest BCUT2D eigenvalue weighted by Gasteiger charge is -2.38. The summed E-state index contributed by atoms with van der Waals surface area (Å²) in [6.45, 7) is 4.29. The third-order valence-corrected chi connectivity index (χ3v) is 14.2. The fourth-order valence-corrected chi connectivity index (χ4v) is 10.5. The quantitative estimate of drug-likeness (QED) is 0.0497. The number of carbonyl (C=O) groups excluding carboxylic acids is 4. The Morgan fingerprint density at radius 1 is 0.970 bits per heavy atom. The minimum atomic E-state index is -1.07. The van der Waals surface area contributed by atoms with Gasteiger partial charge < -0.3 is 30.7 Å². The molecule has 0 bridgehead atoms. The Balaban J connectivity index is 0.806. The van der Waals surface area contributed by atoms with E-state index in [9.17, 15) is 19.2 Å². The van der Waals surface area contributed by atoms with E-state index in [0.717, 1.165) is 80.1 Å². The molecule has 2 fully saturated rings. The summed E-state index contributed by atoms with van der Waals surface area (Å²) in [5, 5.41) is 14.9. The Morgan fingerprint density at radius 3 is 2.42 bits per heavy atom. The van der Waals surface area contributed by atoms with Gasteiger partial charge in [0.2, 0.25) is 23.6 Å². The van der Waals surface area contributed by atoms with Crippen molar-refractivity contribution in [1.82, 2.24) is 25.3 Å². The number of aromatic nitrogens is 2. The van der Waals surface area contributed by atoms with Crippen LogP contribution in [0.15, 0.2) is 66.7 Å². The molecular formula is C51H58ClF2N7O6. The predicted octanol–water partition coefficient (Wildman–Crippen LogP) is 8.61. The molecule has 0 radical (unpaired) electrons. The number of anilines is 1. The van der Waals surface area contributed by atoms with Gasteiger partial charge in [-0.05, 0) is 55.9 Å². The molecule has 3 aliphatic heterocycles.